The Hall–Kier alpha value is -2.56. The van der Waals surface area contributed by atoms with Crippen LogP contribution in [0, 0.1) is 17.8 Å². The summed E-state index contributed by atoms with van der Waals surface area (Å²) in [6, 6.07) is 4.72. The molecule has 0 saturated carbocycles. The molecule has 7 heteroatoms. The lowest BCUT2D eigenvalue weighted by atomic mass is 9.96. The van der Waals surface area contributed by atoms with Crippen LogP contribution in [0.15, 0.2) is 24.3 Å². The lowest BCUT2D eigenvalue weighted by Gasteiger charge is -2.25. The van der Waals surface area contributed by atoms with Crippen LogP contribution in [0.4, 0.5) is 0 Å². The van der Waals surface area contributed by atoms with E-state index in [1.54, 1.807) is 31.2 Å². The predicted octanol–water partition coefficient (Wildman–Crippen LogP) is 0.676. The smallest absolute Gasteiger partial charge is 0.267 e. The molecule has 0 aliphatic heterocycles. The molecule has 24 heavy (non-hydrogen) atoms. The van der Waals surface area contributed by atoms with Crippen molar-refractivity contribution in [1.29, 1.82) is 0 Å². The first kappa shape index (κ1) is 19.5. The van der Waals surface area contributed by atoms with E-state index in [9.17, 15) is 9.59 Å². The van der Waals surface area contributed by atoms with Crippen LogP contribution in [-0.4, -0.2) is 35.7 Å². The van der Waals surface area contributed by atoms with Crippen molar-refractivity contribution in [3.63, 3.8) is 0 Å². The molecule has 0 aliphatic carbocycles. The third kappa shape index (κ3) is 5.57. The van der Waals surface area contributed by atoms with Gasteiger partial charge in [-0.05, 0) is 37.1 Å². The van der Waals surface area contributed by atoms with Crippen LogP contribution >= 0.6 is 0 Å². The van der Waals surface area contributed by atoms with Gasteiger partial charge in [-0.1, -0.05) is 19.8 Å². The minimum atomic E-state index is -1.04. The number of nitrogens with two attached hydrogens (primary N) is 1. The second kappa shape index (κ2) is 9.55. The van der Waals surface area contributed by atoms with Crippen molar-refractivity contribution in [3.05, 3.63) is 29.8 Å². The third-order valence-corrected chi connectivity index (χ3v) is 3.44. The summed E-state index contributed by atoms with van der Waals surface area (Å²) in [5.74, 6) is 4.76. The van der Waals surface area contributed by atoms with Gasteiger partial charge in [0.25, 0.3) is 11.8 Å². The van der Waals surface area contributed by atoms with Crippen LogP contribution < -0.4 is 21.3 Å². The fourth-order valence-electron chi connectivity index (χ4n) is 1.91. The molecule has 0 saturated heterocycles. The maximum atomic E-state index is 12.3. The highest BCUT2D eigenvalue weighted by Crippen LogP contribution is 2.13. The van der Waals surface area contributed by atoms with E-state index in [0.29, 0.717) is 11.3 Å². The molecule has 0 heterocycles. The minimum absolute atomic E-state index is 0.0666. The van der Waals surface area contributed by atoms with Gasteiger partial charge in [-0.25, -0.2) is 5.48 Å². The van der Waals surface area contributed by atoms with Gasteiger partial charge in [0.15, 0.2) is 0 Å². The molecule has 1 aromatic rings. The van der Waals surface area contributed by atoms with Gasteiger partial charge in [0, 0.05) is 11.6 Å². The molecule has 2 atom stereocenters. The van der Waals surface area contributed by atoms with Crippen LogP contribution in [0.3, 0.4) is 0 Å². The third-order valence-electron chi connectivity index (χ3n) is 3.44. The van der Waals surface area contributed by atoms with Gasteiger partial charge in [-0.15, -0.1) is 5.92 Å². The lowest BCUT2D eigenvalue weighted by molar-refractivity contribution is -0.132. The highest BCUT2D eigenvalue weighted by atomic mass is 16.5. The standard InChI is InChI=1S/C17H23N3O4/c1-4-5-10-24-13-8-6-12(7-9-13)16(21)19-15(17(22)20-23)14(18)11(2)3/h6-9,11,14-15,23H,10,18H2,1-3H3,(H,19,21)(H,20,22)/t14-,15+/m1/s1. The Morgan fingerprint density at radius 3 is 2.42 bits per heavy atom. The van der Waals surface area contributed by atoms with Gasteiger partial charge in [0.05, 0.1) is 0 Å². The summed E-state index contributed by atoms with van der Waals surface area (Å²) in [5, 5.41) is 11.4. The van der Waals surface area contributed by atoms with Gasteiger partial charge < -0.3 is 15.8 Å². The Labute approximate surface area is 141 Å². The molecule has 2 amide bonds. The maximum absolute atomic E-state index is 12.3. The molecule has 0 spiro atoms. The largest absolute Gasteiger partial charge is 0.481 e. The molecule has 0 radical (unpaired) electrons. The van der Waals surface area contributed by atoms with Crippen molar-refractivity contribution in [2.24, 2.45) is 11.7 Å². The Morgan fingerprint density at radius 1 is 1.29 bits per heavy atom. The summed E-state index contributed by atoms with van der Waals surface area (Å²) in [6.07, 6.45) is 0. The van der Waals surface area contributed by atoms with Crippen LogP contribution in [0.2, 0.25) is 0 Å². The number of hydroxylamine groups is 1. The molecule has 0 aliphatic rings. The van der Waals surface area contributed by atoms with Crippen molar-refractivity contribution in [2.45, 2.75) is 32.9 Å². The van der Waals surface area contributed by atoms with Crippen LogP contribution in [0.1, 0.15) is 31.1 Å². The van der Waals surface area contributed by atoms with Crippen LogP contribution in [0.25, 0.3) is 0 Å². The van der Waals surface area contributed by atoms with E-state index in [4.69, 9.17) is 15.7 Å². The molecule has 0 aromatic heterocycles. The first-order valence-electron chi connectivity index (χ1n) is 7.53. The van der Waals surface area contributed by atoms with Crippen molar-refractivity contribution in [3.8, 4) is 17.6 Å². The number of amides is 2. The zero-order valence-electron chi connectivity index (χ0n) is 14.0. The average Bonchev–Trinajstić information content (AvgIpc) is 2.58. The zero-order valence-corrected chi connectivity index (χ0v) is 14.0. The number of carbonyl (C=O) groups is 2. The van der Waals surface area contributed by atoms with E-state index < -0.39 is 23.9 Å². The van der Waals surface area contributed by atoms with Gasteiger partial charge >= 0.3 is 0 Å². The maximum Gasteiger partial charge on any atom is 0.267 e. The van der Waals surface area contributed by atoms with E-state index in [-0.39, 0.29) is 12.5 Å². The number of ether oxygens (including phenoxy) is 1. The van der Waals surface area contributed by atoms with Crippen molar-refractivity contribution in [1.82, 2.24) is 10.8 Å². The van der Waals surface area contributed by atoms with Gasteiger partial charge in [0.1, 0.15) is 18.4 Å². The lowest BCUT2D eigenvalue weighted by Crippen LogP contribution is -2.57. The number of nitrogens with one attached hydrogen (secondary N) is 2. The van der Waals surface area contributed by atoms with Crippen molar-refractivity contribution >= 4 is 11.8 Å². The highest BCUT2D eigenvalue weighted by molar-refractivity contribution is 5.97. The number of hydrogen-bond acceptors (Lipinski definition) is 5. The molecule has 0 unspecified atom stereocenters. The zero-order chi connectivity index (χ0) is 18.1. The fourth-order valence-corrected chi connectivity index (χ4v) is 1.91. The molecule has 0 bridgehead atoms. The van der Waals surface area contributed by atoms with Crippen molar-refractivity contribution in [2.75, 3.05) is 6.61 Å². The molecule has 130 valence electrons. The Kier molecular flexibility index (Phi) is 7.75. The summed E-state index contributed by atoms with van der Waals surface area (Å²) in [4.78, 5) is 24.0. The number of rotatable bonds is 7. The van der Waals surface area contributed by atoms with Gasteiger partial charge in [-0.3, -0.25) is 14.8 Å². The highest BCUT2D eigenvalue weighted by Gasteiger charge is 2.29. The fraction of sp³-hybridized carbons (Fsp3) is 0.412. The van der Waals surface area contributed by atoms with Crippen LogP contribution in [-0.2, 0) is 4.79 Å². The van der Waals surface area contributed by atoms with Gasteiger partial charge in [-0.2, -0.15) is 0 Å². The summed E-state index contributed by atoms with van der Waals surface area (Å²) >= 11 is 0. The molecule has 1 aromatic carbocycles. The first-order valence-corrected chi connectivity index (χ1v) is 7.53. The van der Waals surface area contributed by atoms with Crippen LogP contribution in [0.5, 0.6) is 5.75 Å². The minimum Gasteiger partial charge on any atom is -0.481 e. The SMILES string of the molecule is CC#CCOc1ccc(C(=O)N[C@H](C(=O)NO)[C@H](N)C(C)C)cc1. The summed E-state index contributed by atoms with van der Waals surface area (Å²) < 4.78 is 5.37. The monoisotopic (exact) mass is 333 g/mol. The second-order valence-corrected chi connectivity index (χ2v) is 5.49. The number of carbonyl (C=O) groups excluding carboxylic acids is 2. The molecular weight excluding hydrogens is 310 g/mol. The van der Waals surface area contributed by atoms with Gasteiger partial charge in [0.2, 0.25) is 0 Å². The quantitative estimate of drug-likeness (QED) is 0.333. The summed E-state index contributed by atoms with van der Waals surface area (Å²) in [6.45, 7) is 5.63. The molecular formula is C17H23N3O4. The van der Waals surface area contributed by atoms with E-state index >= 15 is 0 Å². The second-order valence-electron chi connectivity index (χ2n) is 5.49. The number of hydrogen-bond donors (Lipinski definition) is 4. The molecule has 7 nitrogen and oxygen atoms in total. The average molecular weight is 333 g/mol. The number of benzene rings is 1. The normalized spacial score (nSPS) is 12.6. The Bertz CT molecular complexity index is 617. The topological polar surface area (TPSA) is 114 Å². The van der Waals surface area contributed by atoms with E-state index in [1.807, 2.05) is 13.8 Å². The Morgan fingerprint density at radius 2 is 1.92 bits per heavy atom. The summed E-state index contributed by atoms with van der Waals surface area (Å²) in [7, 11) is 0. The molecule has 0 fully saturated rings. The molecule has 1 rings (SSSR count). The Balaban J connectivity index is 2.79. The van der Waals surface area contributed by atoms with E-state index in [0.717, 1.165) is 0 Å². The molecule has 5 N–H and O–H groups in total. The predicted molar refractivity (Wildman–Crippen MR) is 89.4 cm³/mol. The first-order chi connectivity index (χ1) is 11.4. The van der Waals surface area contributed by atoms with E-state index in [2.05, 4.69) is 17.2 Å². The summed E-state index contributed by atoms with van der Waals surface area (Å²) in [5.41, 5.74) is 7.81. The van der Waals surface area contributed by atoms with E-state index in [1.165, 1.54) is 5.48 Å². The van der Waals surface area contributed by atoms with Crippen molar-refractivity contribution < 1.29 is 19.5 Å².